The van der Waals surface area contributed by atoms with E-state index in [1.807, 2.05) is 0 Å². The molecule has 0 aliphatic carbocycles. The van der Waals surface area contributed by atoms with Gasteiger partial charge in [-0.1, -0.05) is 0 Å². The summed E-state index contributed by atoms with van der Waals surface area (Å²) in [6, 6.07) is 0. The molecule has 2 rings (SSSR count). The predicted octanol–water partition coefficient (Wildman–Crippen LogP) is -1.25. The first-order valence-electron chi connectivity index (χ1n) is 3.38. The summed E-state index contributed by atoms with van der Waals surface area (Å²) in [6.45, 7) is 0. The highest BCUT2D eigenvalue weighted by molar-refractivity contribution is 8.00. The molecule has 0 saturated carbocycles. The fourth-order valence-electron chi connectivity index (χ4n) is 1.35. The van der Waals surface area contributed by atoms with E-state index in [-0.39, 0.29) is 0 Å². The summed E-state index contributed by atoms with van der Waals surface area (Å²) in [5.74, 6) is 0.0713. The second-order valence-electron chi connectivity index (χ2n) is 2.71. The zero-order chi connectivity index (χ0) is 8.01. The van der Waals surface area contributed by atoms with Crippen molar-refractivity contribution in [2.24, 2.45) is 0 Å². The third-order valence-corrected chi connectivity index (χ3v) is 3.32. The lowest BCUT2D eigenvalue weighted by atomic mass is 10.1. The Kier molecular flexibility index (Phi) is 1.59. The number of aliphatic hydroxyl groups excluding tert-OH is 2. The highest BCUT2D eigenvalue weighted by Gasteiger charge is 2.51. The third kappa shape index (κ3) is 0.953. The minimum absolute atomic E-state index is 0.399. The van der Waals surface area contributed by atoms with Crippen molar-refractivity contribution < 1.29 is 19.7 Å². The largest absolute Gasteiger partial charge is 0.456 e. The van der Waals surface area contributed by atoms with Crippen LogP contribution in [-0.2, 0) is 9.53 Å². The van der Waals surface area contributed by atoms with Crippen molar-refractivity contribution in [3.63, 3.8) is 0 Å². The molecule has 62 valence electrons. The Morgan fingerprint density at radius 2 is 2.27 bits per heavy atom. The highest BCUT2D eigenvalue weighted by atomic mass is 32.2. The van der Waals surface area contributed by atoms with Crippen molar-refractivity contribution >= 4 is 17.7 Å². The Morgan fingerprint density at radius 1 is 1.55 bits per heavy atom. The molecule has 4 unspecified atom stereocenters. The third-order valence-electron chi connectivity index (χ3n) is 1.96. The molecule has 4 atom stereocenters. The molecule has 2 bridgehead atoms. The van der Waals surface area contributed by atoms with Crippen molar-refractivity contribution in [1.29, 1.82) is 0 Å². The SMILES string of the molecule is O=C1OC2C(O)CSC1C2O. The number of ether oxygens (including phenoxy) is 1. The highest BCUT2D eigenvalue weighted by Crippen LogP contribution is 2.34. The van der Waals surface area contributed by atoms with E-state index < -0.39 is 29.5 Å². The lowest BCUT2D eigenvalue weighted by Gasteiger charge is -2.25. The summed E-state index contributed by atoms with van der Waals surface area (Å²) in [5, 5.41) is 18.1. The Bertz CT molecular complexity index is 195. The maximum atomic E-state index is 10.9. The van der Waals surface area contributed by atoms with Gasteiger partial charge in [0.05, 0.1) is 0 Å². The van der Waals surface area contributed by atoms with E-state index >= 15 is 0 Å². The molecular weight excluding hydrogens is 168 g/mol. The number of aliphatic hydroxyl groups is 2. The van der Waals surface area contributed by atoms with E-state index in [4.69, 9.17) is 4.74 Å². The molecule has 2 heterocycles. The molecule has 2 fully saturated rings. The Balaban J connectivity index is 2.23. The van der Waals surface area contributed by atoms with Crippen LogP contribution in [0.4, 0.5) is 0 Å². The fraction of sp³-hybridized carbons (Fsp3) is 0.833. The Morgan fingerprint density at radius 3 is 2.91 bits per heavy atom. The summed E-state index contributed by atoms with van der Waals surface area (Å²) < 4.78 is 4.75. The molecule has 0 aromatic rings. The van der Waals surface area contributed by atoms with Crippen LogP contribution in [0.5, 0.6) is 0 Å². The van der Waals surface area contributed by atoms with Gasteiger partial charge in [-0.25, -0.2) is 0 Å². The van der Waals surface area contributed by atoms with Crippen molar-refractivity contribution in [2.45, 2.75) is 23.6 Å². The minimum Gasteiger partial charge on any atom is -0.456 e. The van der Waals surface area contributed by atoms with Crippen LogP contribution in [0, 0.1) is 0 Å². The molecule has 0 aromatic carbocycles. The van der Waals surface area contributed by atoms with Gasteiger partial charge in [-0.3, -0.25) is 4.79 Å². The first-order chi connectivity index (χ1) is 5.20. The fourth-order valence-corrected chi connectivity index (χ4v) is 2.49. The topological polar surface area (TPSA) is 66.8 Å². The van der Waals surface area contributed by atoms with Crippen LogP contribution in [0.15, 0.2) is 0 Å². The minimum atomic E-state index is -0.823. The average molecular weight is 176 g/mol. The molecule has 0 amide bonds. The van der Waals surface area contributed by atoms with E-state index in [2.05, 4.69) is 0 Å². The van der Waals surface area contributed by atoms with Gasteiger partial charge in [0, 0.05) is 5.75 Å². The van der Waals surface area contributed by atoms with E-state index in [1.165, 1.54) is 11.8 Å². The Hall–Kier alpha value is -0.260. The van der Waals surface area contributed by atoms with Crippen LogP contribution in [0.1, 0.15) is 0 Å². The number of hydrogen-bond donors (Lipinski definition) is 2. The van der Waals surface area contributed by atoms with Gasteiger partial charge in [-0.2, -0.15) is 0 Å². The number of fused-ring (bicyclic) bond motifs is 2. The van der Waals surface area contributed by atoms with Crippen LogP contribution in [0.2, 0.25) is 0 Å². The number of rotatable bonds is 0. The first-order valence-corrected chi connectivity index (χ1v) is 4.43. The summed E-state index contributed by atoms with van der Waals surface area (Å²) in [5.41, 5.74) is 0. The molecule has 5 heteroatoms. The number of carbonyl (C=O) groups excluding carboxylic acids is 1. The second-order valence-corrected chi connectivity index (χ2v) is 3.89. The summed E-state index contributed by atoms with van der Waals surface area (Å²) in [6.07, 6.45) is -2.22. The Labute approximate surface area is 67.5 Å². The lowest BCUT2D eigenvalue weighted by Crippen LogP contribution is -2.43. The normalized spacial score (nSPS) is 49.1. The molecule has 0 spiro atoms. The van der Waals surface area contributed by atoms with Gasteiger partial charge in [0.2, 0.25) is 0 Å². The van der Waals surface area contributed by atoms with Crippen LogP contribution < -0.4 is 0 Å². The van der Waals surface area contributed by atoms with E-state index in [1.54, 1.807) is 0 Å². The zero-order valence-corrected chi connectivity index (χ0v) is 6.45. The standard InChI is InChI=1S/C6H8O4S/c7-2-1-11-5-3(8)4(2)10-6(5)9/h2-5,7-8H,1H2. The molecule has 2 N–H and O–H groups in total. The van der Waals surface area contributed by atoms with Crippen LogP contribution in [0.3, 0.4) is 0 Å². The maximum absolute atomic E-state index is 10.9. The second kappa shape index (κ2) is 2.36. The van der Waals surface area contributed by atoms with Crippen molar-refractivity contribution in [2.75, 3.05) is 5.75 Å². The number of thioether (sulfide) groups is 1. The average Bonchev–Trinajstić information content (AvgIpc) is 2.12. The van der Waals surface area contributed by atoms with E-state index in [9.17, 15) is 15.0 Å². The quantitative estimate of drug-likeness (QED) is 0.451. The maximum Gasteiger partial charge on any atom is 0.322 e. The zero-order valence-electron chi connectivity index (χ0n) is 5.64. The van der Waals surface area contributed by atoms with Gasteiger partial charge in [-0.05, 0) is 0 Å². The molecule has 2 aliphatic rings. The van der Waals surface area contributed by atoms with Crippen LogP contribution in [-0.4, -0.2) is 45.5 Å². The van der Waals surface area contributed by atoms with Crippen LogP contribution in [0.25, 0.3) is 0 Å². The predicted molar refractivity (Wildman–Crippen MR) is 38.1 cm³/mol. The summed E-state index contributed by atoms with van der Waals surface area (Å²) in [7, 11) is 0. The molecule has 0 radical (unpaired) electrons. The molecule has 2 aliphatic heterocycles. The van der Waals surface area contributed by atoms with Crippen molar-refractivity contribution in [3.05, 3.63) is 0 Å². The van der Waals surface area contributed by atoms with Crippen LogP contribution >= 0.6 is 11.8 Å². The molecular formula is C6H8O4S. The monoisotopic (exact) mass is 176 g/mol. The van der Waals surface area contributed by atoms with Gasteiger partial charge >= 0.3 is 5.97 Å². The van der Waals surface area contributed by atoms with Crippen molar-refractivity contribution in [3.8, 4) is 0 Å². The van der Waals surface area contributed by atoms with E-state index in [0.717, 1.165) is 0 Å². The molecule has 4 nitrogen and oxygen atoms in total. The molecule has 2 saturated heterocycles. The van der Waals surface area contributed by atoms with Gasteiger partial charge in [0.25, 0.3) is 0 Å². The van der Waals surface area contributed by atoms with Gasteiger partial charge in [0.15, 0.2) is 6.10 Å². The molecule has 11 heavy (non-hydrogen) atoms. The lowest BCUT2D eigenvalue weighted by molar-refractivity contribution is -0.145. The summed E-state index contributed by atoms with van der Waals surface area (Å²) >= 11 is 1.25. The number of esters is 1. The van der Waals surface area contributed by atoms with Gasteiger partial charge in [-0.15, -0.1) is 11.8 Å². The van der Waals surface area contributed by atoms with E-state index in [0.29, 0.717) is 5.75 Å². The van der Waals surface area contributed by atoms with Gasteiger partial charge < -0.3 is 14.9 Å². The first kappa shape index (κ1) is 7.39. The summed E-state index contributed by atoms with van der Waals surface area (Å²) in [4.78, 5) is 10.9. The number of hydrogen-bond acceptors (Lipinski definition) is 5. The molecule has 0 aromatic heterocycles. The van der Waals surface area contributed by atoms with Gasteiger partial charge in [0.1, 0.15) is 17.5 Å². The number of carbonyl (C=O) groups is 1. The van der Waals surface area contributed by atoms with Crippen molar-refractivity contribution in [1.82, 2.24) is 0 Å². The smallest absolute Gasteiger partial charge is 0.322 e.